The molecule has 30 heavy (non-hydrogen) atoms. The van der Waals surface area contributed by atoms with Crippen molar-refractivity contribution >= 4 is 11.8 Å². The van der Waals surface area contributed by atoms with Gasteiger partial charge in [0.1, 0.15) is 0 Å². The standard InChI is InChI=1S/C27H37N3/c1-7-9-10-12-22(5)24-14-16-25(17-15-24)27-18-19-28-23(6)26(27)13-11-20-30(8-2)29-21(3)4/h8,11,13-19,22H,2,7,9-10,12,20H2,1,3-6H3/b13-11+. The van der Waals surface area contributed by atoms with Crippen molar-refractivity contribution < 1.29 is 0 Å². The predicted molar refractivity (Wildman–Crippen MR) is 132 cm³/mol. The fraction of sp³-hybridized carbons (Fsp3) is 0.407. The minimum absolute atomic E-state index is 0.608. The van der Waals surface area contributed by atoms with Crippen molar-refractivity contribution in [1.82, 2.24) is 9.99 Å². The van der Waals surface area contributed by atoms with Crippen molar-refractivity contribution in [3.8, 4) is 11.1 Å². The van der Waals surface area contributed by atoms with Gasteiger partial charge in [0.05, 0.1) is 6.54 Å². The normalized spacial score (nSPS) is 12.0. The second kappa shape index (κ2) is 12.1. The van der Waals surface area contributed by atoms with Gasteiger partial charge in [-0.3, -0.25) is 9.99 Å². The highest BCUT2D eigenvalue weighted by Crippen LogP contribution is 2.29. The Morgan fingerprint density at radius 3 is 2.53 bits per heavy atom. The molecule has 2 rings (SSSR count). The lowest BCUT2D eigenvalue weighted by atomic mass is 9.92. The molecule has 0 aliphatic heterocycles. The number of unbranched alkanes of at least 4 members (excludes halogenated alkanes) is 2. The molecule has 0 spiro atoms. The van der Waals surface area contributed by atoms with Gasteiger partial charge in [0.15, 0.2) is 0 Å². The molecule has 0 saturated heterocycles. The number of benzene rings is 1. The van der Waals surface area contributed by atoms with E-state index >= 15 is 0 Å². The van der Waals surface area contributed by atoms with Crippen LogP contribution in [0.3, 0.4) is 0 Å². The number of aromatic nitrogens is 1. The second-order valence-electron chi connectivity index (χ2n) is 8.13. The van der Waals surface area contributed by atoms with E-state index < -0.39 is 0 Å². The lowest BCUT2D eigenvalue weighted by Gasteiger charge is -2.14. The number of rotatable bonds is 11. The Labute approximate surface area is 183 Å². The van der Waals surface area contributed by atoms with Crippen LogP contribution in [0.5, 0.6) is 0 Å². The van der Waals surface area contributed by atoms with E-state index in [1.165, 1.54) is 42.4 Å². The molecule has 0 bridgehead atoms. The van der Waals surface area contributed by atoms with Crippen molar-refractivity contribution in [3.05, 3.63) is 72.2 Å². The summed E-state index contributed by atoms with van der Waals surface area (Å²) in [5, 5.41) is 6.29. The zero-order chi connectivity index (χ0) is 21.9. The molecule has 0 saturated carbocycles. The van der Waals surface area contributed by atoms with E-state index in [0.717, 1.165) is 17.0 Å². The van der Waals surface area contributed by atoms with Crippen LogP contribution in [0.4, 0.5) is 0 Å². The fourth-order valence-corrected chi connectivity index (χ4v) is 3.59. The summed E-state index contributed by atoms with van der Waals surface area (Å²) < 4.78 is 0. The number of pyridine rings is 1. The Morgan fingerprint density at radius 2 is 1.90 bits per heavy atom. The van der Waals surface area contributed by atoms with Crippen LogP contribution < -0.4 is 0 Å². The molecule has 1 heterocycles. The van der Waals surface area contributed by atoms with Gasteiger partial charge in [0.25, 0.3) is 0 Å². The van der Waals surface area contributed by atoms with Gasteiger partial charge >= 0.3 is 0 Å². The lowest BCUT2D eigenvalue weighted by Crippen LogP contribution is -2.10. The van der Waals surface area contributed by atoms with Crippen LogP contribution in [0.1, 0.15) is 76.1 Å². The maximum atomic E-state index is 4.51. The van der Waals surface area contributed by atoms with Crippen LogP contribution >= 0.6 is 0 Å². The minimum atomic E-state index is 0.608. The van der Waals surface area contributed by atoms with Crippen LogP contribution in [0.25, 0.3) is 17.2 Å². The average Bonchev–Trinajstić information content (AvgIpc) is 2.74. The molecule has 0 aliphatic carbocycles. The number of hydrogen-bond acceptors (Lipinski definition) is 3. The molecular formula is C27H37N3. The summed E-state index contributed by atoms with van der Waals surface area (Å²) in [4.78, 5) is 4.51. The van der Waals surface area contributed by atoms with Crippen LogP contribution in [0.2, 0.25) is 0 Å². The van der Waals surface area contributed by atoms with Crippen LogP contribution in [-0.4, -0.2) is 22.2 Å². The molecule has 3 heteroatoms. The first-order valence-corrected chi connectivity index (χ1v) is 11.1. The van der Waals surface area contributed by atoms with Gasteiger partial charge in [-0.1, -0.05) is 76.1 Å². The highest BCUT2D eigenvalue weighted by Gasteiger charge is 2.09. The largest absolute Gasteiger partial charge is 0.270 e. The molecule has 3 nitrogen and oxygen atoms in total. The molecule has 0 N–H and O–H groups in total. The Morgan fingerprint density at radius 1 is 1.17 bits per heavy atom. The van der Waals surface area contributed by atoms with Gasteiger partial charge in [-0.05, 0) is 55.9 Å². The quantitative estimate of drug-likeness (QED) is 0.219. The van der Waals surface area contributed by atoms with E-state index in [9.17, 15) is 0 Å². The zero-order valence-corrected chi connectivity index (χ0v) is 19.4. The third-order valence-corrected chi connectivity index (χ3v) is 5.34. The number of nitrogens with zero attached hydrogens (tertiary/aromatic N) is 3. The predicted octanol–water partition coefficient (Wildman–Crippen LogP) is 7.60. The van der Waals surface area contributed by atoms with Gasteiger partial charge < -0.3 is 0 Å². The molecule has 0 amide bonds. The molecule has 0 fully saturated rings. The SMILES string of the molecule is C=CN(C/C=C/c1c(-c2ccc(C(C)CCCCC)cc2)ccnc1C)N=C(C)C. The summed E-state index contributed by atoms with van der Waals surface area (Å²) in [5.41, 5.74) is 7.05. The van der Waals surface area contributed by atoms with Crippen molar-refractivity contribution in [2.75, 3.05) is 6.54 Å². The van der Waals surface area contributed by atoms with Gasteiger partial charge in [0, 0.05) is 29.4 Å². The van der Waals surface area contributed by atoms with Gasteiger partial charge in [0.2, 0.25) is 0 Å². The van der Waals surface area contributed by atoms with E-state index in [-0.39, 0.29) is 0 Å². The molecule has 0 aliphatic rings. The van der Waals surface area contributed by atoms with E-state index in [0.29, 0.717) is 12.5 Å². The maximum Gasteiger partial charge on any atom is 0.0592 e. The molecule has 1 unspecified atom stereocenters. The third-order valence-electron chi connectivity index (χ3n) is 5.34. The highest BCUT2D eigenvalue weighted by molar-refractivity contribution is 5.79. The molecule has 1 aromatic heterocycles. The first-order chi connectivity index (χ1) is 14.5. The number of hydrogen-bond donors (Lipinski definition) is 0. The summed E-state index contributed by atoms with van der Waals surface area (Å²) in [5.74, 6) is 0.608. The molecule has 1 atom stereocenters. The van der Waals surface area contributed by atoms with Crippen molar-refractivity contribution in [2.24, 2.45) is 5.10 Å². The molecule has 1 aromatic carbocycles. The van der Waals surface area contributed by atoms with E-state index in [1.807, 2.05) is 25.1 Å². The third kappa shape index (κ3) is 6.98. The van der Waals surface area contributed by atoms with E-state index in [1.54, 1.807) is 6.20 Å². The second-order valence-corrected chi connectivity index (χ2v) is 8.13. The molecule has 0 radical (unpaired) electrons. The van der Waals surface area contributed by atoms with Crippen LogP contribution in [-0.2, 0) is 0 Å². The Kier molecular flexibility index (Phi) is 9.53. The van der Waals surface area contributed by atoms with Gasteiger partial charge in [-0.25, -0.2) is 0 Å². The van der Waals surface area contributed by atoms with Gasteiger partial charge in [-0.15, -0.1) is 0 Å². The topological polar surface area (TPSA) is 28.5 Å². The van der Waals surface area contributed by atoms with Crippen LogP contribution in [0.15, 0.2) is 60.5 Å². The van der Waals surface area contributed by atoms with Gasteiger partial charge in [-0.2, -0.15) is 5.10 Å². The fourth-order valence-electron chi connectivity index (χ4n) is 3.59. The zero-order valence-electron chi connectivity index (χ0n) is 19.4. The summed E-state index contributed by atoms with van der Waals surface area (Å²) in [7, 11) is 0. The monoisotopic (exact) mass is 403 g/mol. The summed E-state index contributed by atoms with van der Waals surface area (Å²) in [6, 6.07) is 11.2. The number of hydrazone groups is 1. The lowest BCUT2D eigenvalue weighted by molar-refractivity contribution is 0.445. The highest BCUT2D eigenvalue weighted by atomic mass is 15.4. The molecular weight excluding hydrogens is 366 g/mol. The number of aryl methyl sites for hydroxylation is 1. The summed E-state index contributed by atoms with van der Waals surface area (Å²) in [6.45, 7) is 15.1. The first kappa shape index (κ1) is 23.6. The Hall–Kier alpha value is -2.68. The van der Waals surface area contributed by atoms with Crippen molar-refractivity contribution in [3.63, 3.8) is 0 Å². The van der Waals surface area contributed by atoms with E-state index in [2.05, 4.69) is 79.9 Å². The van der Waals surface area contributed by atoms with Crippen molar-refractivity contribution in [2.45, 2.75) is 66.2 Å². The maximum absolute atomic E-state index is 4.51. The van der Waals surface area contributed by atoms with E-state index in [4.69, 9.17) is 0 Å². The Balaban J connectivity index is 2.20. The minimum Gasteiger partial charge on any atom is -0.270 e. The van der Waals surface area contributed by atoms with Crippen molar-refractivity contribution in [1.29, 1.82) is 0 Å². The summed E-state index contributed by atoms with van der Waals surface area (Å²) >= 11 is 0. The smallest absolute Gasteiger partial charge is 0.0592 e. The van der Waals surface area contributed by atoms with Crippen LogP contribution in [0, 0.1) is 6.92 Å². The Bertz CT molecular complexity index is 858. The first-order valence-electron chi connectivity index (χ1n) is 11.1. The molecule has 160 valence electrons. The average molecular weight is 404 g/mol. The summed E-state index contributed by atoms with van der Waals surface area (Å²) in [6.07, 6.45) is 13.1. The molecule has 2 aromatic rings.